The summed E-state index contributed by atoms with van der Waals surface area (Å²) in [7, 11) is 1.49. The molecule has 0 aromatic carbocycles. The summed E-state index contributed by atoms with van der Waals surface area (Å²) < 4.78 is 0. The molecule has 1 aromatic heterocycles. The minimum atomic E-state index is -1.12. The Hall–Kier alpha value is -1.89. The van der Waals surface area contributed by atoms with Gasteiger partial charge in [0.2, 0.25) is 5.91 Å². The van der Waals surface area contributed by atoms with Crippen molar-refractivity contribution in [3.8, 4) is 0 Å². The Morgan fingerprint density at radius 2 is 2.17 bits per heavy atom. The fourth-order valence-corrected chi connectivity index (χ4v) is 1.94. The number of rotatable bonds is 5. The van der Waals surface area contributed by atoms with Crippen LogP contribution in [0.3, 0.4) is 0 Å². The number of likely N-dealkylation sites (N-methyl/N-ethyl adjacent to an activating group) is 1. The lowest BCUT2D eigenvalue weighted by atomic mass is 10.3. The van der Waals surface area contributed by atoms with E-state index in [1.807, 2.05) is 0 Å². The molecule has 0 fully saturated rings. The second-order valence-corrected chi connectivity index (χ2v) is 4.71. The van der Waals surface area contributed by atoms with Crippen molar-refractivity contribution < 1.29 is 19.5 Å². The van der Waals surface area contributed by atoms with E-state index >= 15 is 0 Å². The Morgan fingerprint density at radius 1 is 1.50 bits per heavy atom. The maximum atomic E-state index is 11.8. The second-order valence-electron chi connectivity index (χ2n) is 3.77. The van der Waals surface area contributed by atoms with Gasteiger partial charge >= 0.3 is 5.97 Å². The lowest BCUT2D eigenvalue weighted by Crippen LogP contribution is -2.44. The molecule has 0 aliphatic rings. The fourth-order valence-electron chi connectivity index (χ4n) is 1.22. The summed E-state index contributed by atoms with van der Waals surface area (Å²) in [6.07, 6.45) is 0. The van der Waals surface area contributed by atoms with Gasteiger partial charge in [0, 0.05) is 7.05 Å². The zero-order valence-corrected chi connectivity index (χ0v) is 10.9. The predicted molar refractivity (Wildman–Crippen MR) is 66.5 cm³/mol. The summed E-state index contributed by atoms with van der Waals surface area (Å²) in [5, 5.41) is 12.7. The fraction of sp³-hybridized carbons (Fsp3) is 0.364. The molecule has 1 rings (SSSR count). The molecule has 1 unspecified atom stereocenters. The minimum Gasteiger partial charge on any atom is -0.480 e. The molecule has 0 radical (unpaired) electrons. The van der Waals surface area contributed by atoms with Gasteiger partial charge in [-0.1, -0.05) is 6.07 Å². The first-order valence-electron chi connectivity index (χ1n) is 5.23. The van der Waals surface area contributed by atoms with E-state index in [0.717, 1.165) is 0 Å². The van der Waals surface area contributed by atoms with Crippen LogP contribution in [0.4, 0.5) is 0 Å². The standard InChI is InChI=1S/C11H14N2O4S/c1-7(11(16)17)12-9(14)6-13(2)10(15)8-4-3-5-18-8/h3-5,7H,6H2,1-2H3,(H,12,14)(H,16,17). The van der Waals surface area contributed by atoms with E-state index in [9.17, 15) is 14.4 Å². The van der Waals surface area contributed by atoms with E-state index in [1.54, 1.807) is 17.5 Å². The Morgan fingerprint density at radius 3 is 2.67 bits per heavy atom. The van der Waals surface area contributed by atoms with Crippen molar-refractivity contribution in [3.05, 3.63) is 22.4 Å². The van der Waals surface area contributed by atoms with E-state index in [1.165, 1.54) is 30.2 Å². The summed E-state index contributed by atoms with van der Waals surface area (Å²) in [4.78, 5) is 35.6. The van der Waals surface area contributed by atoms with E-state index in [2.05, 4.69) is 5.32 Å². The number of hydrogen-bond acceptors (Lipinski definition) is 4. The highest BCUT2D eigenvalue weighted by molar-refractivity contribution is 7.12. The quantitative estimate of drug-likeness (QED) is 0.811. The molecule has 1 atom stereocenters. The summed E-state index contributed by atoms with van der Waals surface area (Å²) in [5.41, 5.74) is 0. The highest BCUT2D eigenvalue weighted by Crippen LogP contribution is 2.10. The van der Waals surface area contributed by atoms with Crippen LogP contribution in [0, 0.1) is 0 Å². The van der Waals surface area contributed by atoms with Crippen LogP contribution in [0.5, 0.6) is 0 Å². The third-order valence-corrected chi connectivity index (χ3v) is 3.07. The van der Waals surface area contributed by atoms with Gasteiger partial charge in [0.1, 0.15) is 6.04 Å². The van der Waals surface area contributed by atoms with E-state index in [4.69, 9.17) is 5.11 Å². The molecule has 0 spiro atoms. The van der Waals surface area contributed by atoms with Crippen LogP contribution in [-0.2, 0) is 9.59 Å². The first-order chi connectivity index (χ1) is 8.41. The normalized spacial score (nSPS) is 11.7. The van der Waals surface area contributed by atoms with Crippen molar-refractivity contribution in [3.63, 3.8) is 0 Å². The van der Waals surface area contributed by atoms with E-state index in [0.29, 0.717) is 4.88 Å². The van der Waals surface area contributed by atoms with Crippen LogP contribution < -0.4 is 5.32 Å². The van der Waals surface area contributed by atoms with Crippen LogP contribution in [0.15, 0.2) is 17.5 Å². The lowest BCUT2D eigenvalue weighted by molar-refractivity contribution is -0.141. The smallest absolute Gasteiger partial charge is 0.325 e. The van der Waals surface area contributed by atoms with Crippen molar-refractivity contribution >= 4 is 29.1 Å². The van der Waals surface area contributed by atoms with E-state index in [-0.39, 0.29) is 12.5 Å². The number of carbonyl (C=O) groups is 3. The molecule has 1 heterocycles. The molecule has 0 aliphatic heterocycles. The van der Waals surface area contributed by atoms with Crippen LogP contribution in [0.25, 0.3) is 0 Å². The van der Waals surface area contributed by atoms with Crippen molar-refractivity contribution in [1.29, 1.82) is 0 Å². The highest BCUT2D eigenvalue weighted by Gasteiger charge is 2.18. The predicted octanol–water partition coefficient (Wildman–Crippen LogP) is 0.409. The SMILES string of the molecule is CC(NC(=O)CN(C)C(=O)c1cccs1)C(=O)O. The van der Waals surface area contributed by atoms with Gasteiger partial charge in [-0.15, -0.1) is 11.3 Å². The number of hydrogen-bond donors (Lipinski definition) is 2. The summed E-state index contributed by atoms with van der Waals surface area (Å²) in [6, 6.07) is 2.45. The average molecular weight is 270 g/mol. The molecule has 1 aromatic rings. The van der Waals surface area contributed by atoms with Gasteiger partial charge < -0.3 is 15.3 Å². The van der Waals surface area contributed by atoms with Gasteiger partial charge in [0.25, 0.3) is 5.91 Å². The van der Waals surface area contributed by atoms with Crippen molar-refractivity contribution in [1.82, 2.24) is 10.2 Å². The summed E-state index contributed by atoms with van der Waals surface area (Å²) in [6.45, 7) is 1.19. The number of aliphatic carboxylic acids is 1. The molecule has 2 amide bonds. The van der Waals surface area contributed by atoms with Gasteiger partial charge in [0.05, 0.1) is 11.4 Å². The van der Waals surface area contributed by atoms with Gasteiger partial charge in [-0.2, -0.15) is 0 Å². The topological polar surface area (TPSA) is 86.7 Å². The largest absolute Gasteiger partial charge is 0.480 e. The van der Waals surface area contributed by atoms with Crippen LogP contribution in [0.1, 0.15) is 16.6 Å². The van der Waals surface area contributed by atoms with Crippen LogP contribution >= 0.6 is 11.3 Å². The number of nitrogens with zero attached hydrogens (tertiary/aromatic N) is 1. The second kappa shape index (κ2) is 6.15. The van der Waals surface area contributed by atoms with Crippen molar-refractivity contribution in [2.45, 2.75) is 13.0 Å². The first-order valence-corrected chi connectivity index (χ1v) is 6.11. The van der Waals surface area contributed by atoms with E-state index < -0.39 is 17.9 Å². The number of amides is 2. The third-order valence-electron chi connectivity index (χ3n) is 2.21. The monoisotopic (exact) mass is 270 g/mol. The maximum Gasteiger partial charge on any atom is 0.325 e. The number of nitrogens with one attached hydrogen (secondary N) is 1. The summed E-state index contributed by atoms with van der Waals surface area (Å²) in [5.74, 6) is -1.88. The molecule has 98 valence electrons. The zero-order valence-electron chi connectivity index (χ0n) is 10.0. The Labute approximate surface area is 108 Å². The first kappa shape index (κ1) is 14.2. The summed E-state index contributed by atoms with van der Waals surface area (Å²) >= 11 is 1.29. The molecule has 0 bridgehead atoms. The number of thiophene rings is 1. The molecular weight excluding hydrogens is 256 g/mol. The van der Waals surface area contributed by atoms with Gasteiger partial charge in [-0.25, -0.2) is 0 Å². The third kappa shape index (κ3) is 3.85. The molecular formula is C11H14N2O4S. The van der Waals surface area contributed by atoms with Gasteiger partial charge in [-0.05, 0) is 18.4 Å². The maximum absolute atomic E-state index is 11.8. The lowest BCUT2D eigenvalue weighted by Gasteiger charge is -2.17. The number of carboxylic acid groups (broad SMARTS) is 1. The zero-order chi connectivity index (χ0) is 13.7. The number of carbonyl (C=O) groups excluding carboxylic acids is 2. The Balaban J connectivity index is 2.50. The van der Waals surface area contributed by atoms with Gasteiger partial charge in [0.15, 0.2) is 0 Å². The van der Waals surface area contributed by atoms with Crippen molar-refractivity contribution in [2.24, 2.45) is 0 Å². The molecule has 0 saturated heterocycles. The molecule has 0 saturated carbocycles. The molecule has 18 heavy (non-hydrogen) atoms. The highest BCUT2D eigenvalue weighted by atomic mass is 32.1. The van der Waals surface area contributed by atoms with Gasteiger partial charge in [-0.3, -0.25) is 14.4 Å². The van der Waals surface area contributed by atoms with Crippen LogP contribution in [0.2, 0.25) is 0 Å². The molecule has 7 heteroatoms. The Bertz CT molecular complexity index is 444. The van der Waals surface area contributed by atoms with Crippen LogP contribution in [-0.4, -0.2) is 47.4 Å². The van der Waals surface area contributed by atoms with Crippen molar-refractivity contribution in [2.75, 3.05) is 13.6 Å². The number of carboxylic acids is 1. The molecule has 2 N–H and O–H groups in total. The average Bonchev–Trinajstić information content (AvgIpc) is 2.80. The minimum absolute atomic E-state index is 0.172. The molecule has 0 aliphatic carbocycles. The molecule has 6 nitrogen and oxygen atoms in total. The Kier molecular flexibility index (Phi) is 4.85.